The van der Waals surface area contributed by atoms with Crippen LogP contribution in [0.4, 0.5) is 5.69 Å². The largest absolute Gasteiger partial charge is 0.454 e. The first kappa shape index (κ1) is 18.9. The first-order valence-corrected chi connectivity index (χ1v) is 11.6. The molecule has 2 fully saturated rings. The van der Waals surface area contributed by atoms with Gasteiger partial charge in [-0.1, -0.05) is 0 Å². The number of carbonyl (C=O) groups excluding carboxylic acids is 1. The summed E-state index contributed by atoms with van der Waals surface area (Å²) in [6.07, 6.45) is -0.245. The summed E-state index contributed by atoms with van der Waals surface area (Å²) in [5.74, 6) is 0.651. The van der Waals surface area contributed by atoms with Crippen molar-refractivity contribution < 1.29 is 27.4 Å². The number of rotatable bonds is 4. The molecule has 29 heavy (non-hydrogen) atoms. The topological polar surface area (TPSA) is 94.2 Å². The van der Waals surface area contributed by atoms with Crippen LogP contribution in [0.25, 0.3) is 0 Å². The van der Waals surface area contributed by atoms with Crippen molar-refractivity contribution >= 4 is 33.0 Å². The minimum absolute atomic E-state index is 0.168. The molecule has 10 heteroatoms. The summed E-state index contributed by atoms with van der Waals surface area (Å²) in [4.78, 5) is 12.9. The van der Waals surface area contributed by atoms with Crippen LogP contribution in [0.2, 0.25) is 0 Å². The lowest BCUT2D eigenvalue weighted by atomic mass is 9.99. The van der Waals surface area contributed by atoms with Gasteiger partial charge in [0.25, 0.3) is 10.0 Å². The minimum atomic E-state index is -3.58. The Bertz CT molecular complexity index is 1070. The number of thiophene rings is 1. The highest BCUT2D eigenvalue weighted by molar-refractivity contribution is 7.91. The number of nitrogens with one attached hydrogen (secondary N) is 1. The van der Waals surface area contributed by atoms with E-state index in [0.29, 0.717) is 27.8 Å². The van der Waals surface area contributed by atoms with E-state index in [1.165, 1.54) is 15.6 Å². The van der Waals surface area contributed by atoms with Gasteiger partial charge < -0.3 is 19.5 Å². The summed E-state index contributed by atoms with van der Waals surface area (Å²) in [5.41, 5.74) is 1.35. The molecular weight excluding hydrogens is 416 g/mol. The fourth-order valence-electron chi connectivity index (χ4n) is 4.04. The Labute approximate surface area is 172 Å². The number of sulfonamides is 1. The number of fused-ring (bicyclic) bond motifs is 3. The molecule has 0 aliphatic carbocycles. The van der Waals surface area contributed by atoms with Crippen molar-refractivity contribution in [3.8, 4) is 11.5 Å². The van der Waals surface area contributed by atoms with Gasteiger partial charge in [-0.25, -0.2) is 8.42 Å². The number of hydrogen-bond acceptors (Lipinski definition) is 7. The van der Waals surface area contributed by atoms with Gasteiger partial charge in [0.05, 0.1) is 18.1 Å². The molecule has 2 aromatic rings. The molecule has 0 spiro atoms. The highest BCUT2D eigenvalue weighted by Gasteiger charge is 2.48. The fourth-order valence-corrected chi connectivity index (χ4v) is 7.08. The SMILES string of the molecule is Cc1ccsc1S(=O)(=O)N1CC2CC(C(=O)Nc3ccc4c(c3)OCO4)C(C1)O2. The standard InChI is InChI=1S/C19H20N2O6S2/c1-11-4-5-28-19(11)29(23,24)21-8-13-7-14(17(9-21)27-13)18(22)20-12-2-3-15-16(6-12)26-10-25-15/h2-6,13-14,17H,7-10H2,1H3,(H,20,22). The van der Waals surface area contributed by atoms with Crippen molar-refractivity contribution in [2.75, 3.05) is 25.2 Å². The van der Waals surface area contributed by atoms with Gasteiger partial charge in [0.1, 0.15) is 4.21 Å². The molecule has 3 aliphatic heterocycles. The molecule has 2 saturated heterocycles. The normalized spacial score (nSPS) is 25.9. The number of benzene rings is 1. The van der Waals surface area contributed by atoms with Crippen molar-refractivity contribution in [1.82, 2.24) is 4.31 Å². The van der Waals surface area contributed by atoms with Crippen LogP contribution < -0.4 is 14.8 Å². The van der Waals surface area contributed by atoms with Gasteiger partial charge in [-0.05, 0) is 42.5 Å². The van der Waals surface area contributed by atoms with Crippen molar-refractivity contribution in [3.63, 3.8) is 0 Å². The van der Waals surface area contributed by atoms with Crippen LogP contribution >= 0.6 is 11.3 Å². The molecule has 1 aromatic carbocycles. The van der Waals surface area contributed by atoms with Gasteiger partial charge in [-0.3, -0.25) is 4.79 Å². The van der Waals surface area contributed by atoms with Gasteiger partial charge >= 0.3 is 0 Å². The Morgan fingerprint density at radius 1 is 1.21 bits per heavy atom. The molecule has 3 atom stereocenters. The molecule has 1 aromatic heterocycles. The van der Waals surface area contributed by atoms with E-state index in [1.807, 2.05) is 0 Å². The number of morpholine rings is 1. The molecule has 3 aliphatic rings. The van der Waals surface area contributed by atoms with Crippen molar-refractivity contribution in [1.29, 1.82) is 0 Å². The van der Waals surface area contributed by atoms with E-state index in [-0.39, 0.29) is 31.9 Å². The van der Waals surface area contributed by atoms with E-state index < -0.39 is 22.0 Å². The molecule has 4 heterocycles. The van der Waals surface area contributed by atoms with Crippen molar-refractivity contribution in [2.45, 2.75) is 29.8 Å². The Morgan fingerprint density at radius 3 is 2.83 bits per heavy atom. The van der Waals surface area contributed by atoms with Crippen LogP contribution in [0.15, 0.2) is 33.9 Å². The van der Waals surface area contributed by atoms with Crippen LogP contribution in [0.1, 0.15) is 12.0 Å². The molecule has 5 rings (SSSR count). The van der Waals surface area contributed by atoms with Crippen LogP contribution in [-0.2, 0) is 19.6 Å². The summed E-state index contributed by atoms with van der Waals surface area (Å²) in [7, 11) is -3.58. The van der Waals surface area contributed by atoms with Crippen LogP contribution in [0.3, 0.4) is 0 Å². The molecular formula is C19H20N2O6S2. The van der Waals surface area contributed by atoms with Gasteiger partial charge in [0.15, 0.2) is 11.5 Å². The number of hydrogen-bond donors (Lipinski definition) is 1. The average molecular weight is 437 g/mol. The molecule has 2 bridgehead atoms. The zero-order chi connectivity index (χ0) is 20.2. The van der Waals surface area contributed by atoms with Gasteiger partial charge in [0, 0.05) is 24.8 Å². The highest BCUT2D eigenvalue weighted by atomic mass is 32.2. The predicted octanol–water partition coefficient (Wildman–Crippen LogP) is 2.20. The van der Waals surface area contributed by atoms with E-state index in [4.69, 9.17) is 14.2 Å². The van der Waals surface area contributed by atoms with Crippen LogP contribution in [-0.4, -0.2) is 50.7 Å². The number of anilines is 1. The van der Waals surface area contributed by atoms with E-state index in [2.05, 4.69) is 5.32 Å². The Morgan fingerprint density at radius 2 is 2.03 bits per heavy atom. The monoisotopic (exact) mass is 436 g/mol. The third-order valence-electron chi connectivity index (χ3n) is 5.49. The molecule has 0 saturated carbocycles. The van der Waals surface area contributed by atoms with E-state index in [1.54, 1.807) is 36.6 Å². The second-order valence-electron chi connectivity index (χ2n) is 7.41. The molecule has 8 nitrogen and oxygen atoms in total. The smallest absolute Gasteiger partial charge is 0.252 e. The maximum atomic E-state index is 13.0. The zero-order valence-corrected chi connectivity index (χ0v) is 17.3. The lowest BCUT2D eigenvalue weighted by Gasteiger charge is -2.31. The third kappa shape index (κ3) is 3.29. The first-order chi connectivity index (χ1) is 13.9. The van der Waals surface area contributed by atoms with Crippen molar-refractivity contribution in [3.05, 3.63) is 35.2 Å². The average Bonchev–Trinajstić information content (AvgIpc) is 3.40. The van der Waals surface area contributed by atoms with E-state index >= 15 is 0 Å². The maximum absolute atomic E-state index is 13.0. The fraction of sp³-hybridized carbons (Fsp3) is 0.421. The Balaban J connectivity index is 1.30. The van der Waals surface area contributed by atoms with Crippen molar-refractivity contribution in [2.24, 2.45) is 5.92 Å². The summed E-state index contributed by atoms with van der Waals surface area (Å²) in [6, 6.07) is 7.02. The quantitative estimate of drug-likeness (QED) is 0.790. The second-order valence-corrected chi connectivity index (χ2v) is 10.5. The Kier molecular flexibility index (Phi) is 4.54. The first-order valence-electron chi connectivity index (χ1n) is 9.32. The maximum Gasteiger partial charge on any atom is 0.252 e. The number of aryl methyl sites for hydroxylation is 1. The zero-order valence-electron chi connectivity index (χ0n) is 15.7. The minimum Gasteiger partial charge on any atom is -0.454 e. The summed E-state index contributed by atoms with van der Waals surface area (Å²) in [6.45, 7) is 2.40. The second kappa shape index (κ2) is 6.98. The lowest BCUT2D eigenvalue weighted by Crippen LogP contribution is -2.47. The predicted molar refractivity (Wildman–Crippen MR) is 106 cm³/mol. The van der Waals surface area contributed by atoms with Gasteiger partial charge in [-0.15, -0.1) is 11.3 Å². The molecule has 3 unspecified atom stereocenters. The number of nitrogens with zero attached hydrogens (tertiary/aromatic N) is 1. The summed E-state index contributed by atoms with van der Waals surface area (Å²) in [5, 5.41) is 4.67. The van der Waals surface area contributed by atoms with Gasteiger partial charge in [-0.2, -0.15) is 4.31 Å². The van der Waals surface area contributed by atoms with Crippen LogP contribution in [0.5, 0.6) is 11.5 Å². The molecule has 1 N–H and O–H groups in total. The summed E-state index contributed by atoms with van der Waals surface area (Å²) < 4.78 is 44.4. The number of ether oxygens (including phenoxy) is 3. The third-order valence-corrected chi connectivity index (χ3v) is 8.99. The van der Waals surface area contributed by atoms with E-state index in [9.17, 15) is 13.2 Å². The molecule has 154 valence electrons. The lowest BCUT2D eigenvalue weighted by molar-refractivity contribution is -0.122. The van der Waals surface area contributed by atoms with Gasteiger partial charge in [0.2, 0.25) is 12.7 Å². The number of carbonyl (C=O) groups is 1. The van der Waals surface area contributed by atoms with E-state index in [0.717, 1.165) is 5.56 Å². The molecule has 0 radical (unpaired) electrons. The summed E-state index contributed by atoms with van der Waals surface area (Å²) >= 11 is 1.22. The molecule has 1 amide bonds. The number of amides is 1. The Hall–Kier alpha value is -2.14. The highest BCUT2D eigenvalue weighted by Crippen LogP contribution is 2.38. The van der Waals surface area contributed by atoms with Crippen LogP contribution in [0, 0.1) is 12.8 Å².